The van der Waals surface area contributed by atoms with Gasteiger partial charge in [-0.15, -0.1) is 6.58 Å². The highest BCUT2D eigenvalue weighted by Gasteiger charge is 2.11. The Morgan fingerprint density at radius 2 is 2.32 bits per heavy atom. The Kier molecular flexibility index (Phi) is 6.49. The van der Waals surface area contributed by atoms with Crippen molar-refractivity contribution in [1.82, 2.24) is 4.90 Å². The van der Waals surface area contributed by atoms with Crippen LogP contribution in [0.3, 0.4) is 0 Å². The summed E-state index contributed by atoms with van der Waals surface area (Å²) in [4.78, 5) is 13.4. The number of anilines is 1. The van der Waals surface area contributed by atoms with Gasteiger partial charge in [-0.3, -0.25) is 9.69 Å². The van der Waals surface area contributed by atoms with E-state index in [0.29, 0.717) is 18.1 Å². The molecule has 0 saturated carbocycles. The van der Waals surface area contributed by atoms with Gasteiger partial charge in [0.05, 0.1) is 18.8 Å². The second kappa shape index (κ2) is 7.89. The number of aliphatic hydroxyl groups excluding tert-OH is 1. The lowest BCUT2D eigenvalue weighted by Crippen LogP contribution is -2.35. The third-order valence-electron chi connectivity index (χ3n) is 2.37. The zero-order chi connectivity index (χ0) is 14.3. The van der Waals surface area contributed by atoms with Crippen LogP contribution in [0, 0.1) is 5.82 Å². The minimum Gasteiger partial charge on any atom is -0.395 e. The zero-order valence-corrected chi connectivity index (χ0v) is 11.2. The Morgan fingerprint density at radius 1 is 1.58 bits per heavy atom. The molecule has 6 heteroatoms. The molecular formula is C13H16ClFN2O2. The second-order valence-electron chi connectivity index (χ2n) is 3.92. The van der Waals surface area contributed by atoms with Gasteiger partial charge in [-0.1, -0.05) is 17.7 Å². The average molecular weight is 287 g/mol. The maximum Gasteiger partial charge on any atom is 0.238 e. The SMILES string of the molecule is C=CCN(CCO)CC(=O)Nc1cc(Cl)ccc1F. The first-order chi connectivity index (χ1) is 9.06. The quantitative estimate of drug-likeness (QED) is 0.753. The number of rotatable bonds is 7. The molecule has 0 spiro atoms. The second-order valence-corrected chi connectivity index (χ2v) is 4.36. The number of amides is 1. The molecule has 104 valence electrons. The first-order valence-electron chi connectivity index (χ1n) is 5.76. The lowest BCUT2D eigenvalue weighted by atomic mass is 10.3. The molecular weight excluding hydrogens is 271 g/mol. The van der Waals surface area contributed by atoms with Gasteiger partial charge in [0.25, 0.3) is 0 Å². The minimum atomic E-state index is -0.546. The third kappa shape index (κ3) is 5.38. The molecule has 0 aliphatic rings. The Balaban J connectivity index is 2.63. The molecule has 1 aromatic rings. The molecule has 4 nitrogen and oxygen atoms in total. The van der Waals surface area contributed by atoms with Gasteiger partial charge in [0.2, 0.25) is 5.91 Å². The standard InChI is InChI=1S/C13H16ClFN2O2/c1-2-5-17(6-7-18)9-13(19)16-12-8-10(14)3-4-11(12)15/h2-4,8,18H,1,5-7,9H2,(H,16,19). The number of hydrogen-bond acceptors (Lipinski definition) is 3. The van der Waals surface area contributed by atoms with Crippen LogP contribution in [0.5, 0.6) is 0 Å². The van der Waals surface area contributed by atoms with Crippen molar-refractivity contribution in [2.24, 2.45) is 0 Å². The fourth-order valence-corrected chi connectivity index (χ4v) is 1.72. The van der Waals surface area contributed by atoms with Gasteiger partial charge in [0.15, 0.2) is 0 Å². The van der Waals surface area contributed by atoms with Crippen LogP contribution in [-0.4, -0.2) is 42.2 Å². The summed E-state index contributed by atoms with van der Waals surface area (Å²) in [5.41, 5.74) is 0.0417. The topological polar surface area (TPSA) is 52.6 Å². The minimum absolute atomic E-state index is 0.0402. The van der Waals surface area contributed by atoms with E-state index in [2.05, 4.69) is 11.9 Å². The number of benzene rings is 1. The molecule has 0 radical (unpaired) electrons. The molecule has 2 N–H and O–H groups in total. The van der Waals surface area contributed by atoms with E-state index < -0.39 is 5.82 Å². The molecule has 0 bridgehead atoms. The summed E-state index contributed by atoms with van der Waals surface area (Å²) >= 11 is 5.73. The van der Waals surface area contributed by atoms with E-state index in [1.807, 2.05) is 0 Å². The van der Waals surface area contributed by atoms with Gasteiger partial charge >= 0.3 is 0 Å². The third-order valence-corrected chi connectivity index (χ3v) is 2.61. The predicted octanol–water partition coefficient (Wildman–Crippen LogP) is 1.90. The van der Waals surface area contributed by atoms with E-state index in [-0.39, 0.29) is 24.7 Å². The van der Waals surface area contributed by atoms with Crippen LogP contribution in [0.2, 0.25) is 5.02 Å². The van der Waals surface area contributed by atoms with E-state index >= 15 is 0 Å². The smallest absolute Gasteiger partial charge is 0.238 e. The van der Waals surface area contributed by atoms with Gasteiger partial charge < -0.3 is 10.4 Å². The van der Waals surface area contributed by atoms with Crippen molar-refractivity contribution >= 4 is 23.2 Å². The van der Waals surface area contributed by atoms with Crippen molar-refractivity contribution in [1.29, 1.82) is 0 Å². The van der Waals surface area contributed by atoms with Crippen LogP contribution in [0.25, 0.3) is 0 Å². The highest BCUT2D eigenvalue weighted by molar-refractivity contribution is 6.30. The van der Waals surface area contributed by atoms with Gasteiger partial charge in [-0.25, -0.2) is 4.39 Å². The summed E-state index contributed by atoms with van der Waals surface area (Å²) in [6.07, 6.45) is 1.63. The number of carbonyl (C=O) groups excluding carboxylic acids is 1. The summed E-state index contributed by atoms with van der Waals surface area (Å²) in [6.45, 7) is 4.35. The van der Waals surface area contributed by atoms with Gasteiger partial charge in [-0.05, 0) is 18.2 Å². The van der Waals surface area contributed by atoms with Gasteiger partial charge in [-0.2, -0.15) is 0 Å². The van der Waals surface area contributed by atoms with E-state index in [0.717, 1.165) is 0 Å². The van der Waals surface area contributed by atoms with Crippen LogP contribution >= 0.6 is 11.6 Å². The number of nitrogens with zero attached hydrogens (tertiary/aromatic N) is 1. The van der Waals surface area contributed by atoms with Crippen molar-refractivity contribution in [3.63, 3.8) is 0 Å². The highest BCUT2D eigenvalue weighted by Crippen LogP contribution is 2.19. The van der Waals surface area contributed by atoms with Gasteiger partial charge in [0.1, 0.15) is 5.82 Å². The average Bonchev–Trinajstić information content (AvgIpc) is 2.34. The maximum atomic E-state index is 13.4. The van der Waals surface area contributed by atoms with Crippen LogP contribution in [-0.2, 0) is 4.79 Å². The summed E-state index contributed by atoms with van der Waals surface area (Å²) in [5.74, 6) is -0.924. The first kappa shape index (κ1) is 15.6. The summed E-state index contributed by atoms with van der Waals surface area (Å²) in [6, 6.07) is 3.94. The molecule has 1 aromatic carbocycles. The molecule has 0 aliphatic carbocycles. The highest BCUT2D eigenvalue weighted by atomic mass is 35.5. The molecule has 0 atom stereocenters. The van der Waals surface area contributed by atoms with Crippen molar-refractivity contribution in [2.45, 2.75) is 0 Å². The Labute approximate surface area is 116 Å². The molecule has 0 unspecified atom stereocenters. The number of carbonyl (C=O) groups is 1. The molecule has 1 amide bonds. The number of aliphatic hydroxyl groups is 1. The Morgan fingerprint density at radius 3 is 2.95 bits per heavy atom. The molecule has 0 saturated heterocycles. The largest absolute Gasteiger partial charge is 0.395 e. The number of nitrogens with one attached hydrogen (secondary N) is 1. The van der Waals surface area contributed by atoms with Crippen molar-refractivity contribution < 1.29 is 14.3 Å². The summed E-state index contributed by atoms with van der Waals surface area (Å²) in [7, 11) is 0. The lowest BCUT2D eigenvalue weighted by molar-refractivity contribution is -0.117. The van der Waals surface area contributed by atoms with Crippen molar-refractivity contribution in [3.8, 4) is 0 Å². The monoisotopic (exact) mass is 286 g/mol. The fraction of sp³-hybridized carbons (Fsp3) is 0.308. The first-order valence-corrected chi connectivity index (χ1v) is 6.13. The lowest BCUT2D eigenvalue weighted by Gasteiger charge is -2.18. The zero-order valence-electron chi connectivity index (χ0n) is 10.4. The van der Waals surface area contributed by atoms with E-state index in [1.54, 1.807) is 11.0 Å². The molecule has 0 fully saturated rings. The molecule has 0 heterocycles. The van der Waals surface area contributed by atoms with E-state index in [4.69, 9.17) is 16.7 Å². The van der Waals surface area contributed by atoms with E-state index in [9.17, 15) is 9.18 Å². The normalized spacial score (nSPS) is 10.5. The summed E-state index contributed by atoms with van der Waals surface area (Å²) < 4.78 is 13.4. The number of hydrogen-bond donors (Lipinski definition) is 2. The van der Waals surface area contributed by atoms with Crippen LogP contribution in [0.15, 0.2) is 30.9 Å². The van der Waals surface area contributed by atoms with Crippen LogP contribution in [0.1, 0.15) is 0 Å². The van der Waals surface area contributed by atoms with Crippen molar-refractivity contribution in [3.05, 3.63) is 41.7 Å². The maximum absolute atomic E-state index is 13.4. The van der Waals surface area contributed by atoms with E-state index in [1.165, 1.54) is 18.2 Å². The van der Waals surface area contributed by atoms with Crippen LogP contribution in [0.4, 0.5) is 10.1 Å². The Hall–Kier alpha value is -1.43. The summed E-state index contributed by atoms with van der Waals surface area (Å²) in [5, 5.41) is 11.6. The molecule has 1 rings (SSSR count). The number of halogens is 2. The van der Waals surface area contributed by atoms with Crippen LogP contribution < -0.4 is 5.32 Å². The van der Waals surface area contributed by atoms with Gasteiger partial charge in [0, 0.05) is 18.1 Å². The fourth-order valence-electron chi connectivity index (χ4n) is 1.55. The Bertz CT molecular complexity index is 454. The molecule has 0 aliphatic heterocycles. The van der Waals surface area contributed by atoms with Crippen molar-refractivity contribution in [2.75, 3.05) is 31.6 Å². The molecule has 0 aromatic heterocycles. The molecule has 19 heavy (non-hydrogen) atoms. The predicted molar refractivity (Wildman–Crippen MR) is 73.8 cm³/mol.